The number of ether oxygens (including phenoxy) is 1. The molecule has 0 aliphatic carbocycles. The Morgan fingerprint density at radius 1 is 1.19 bits per heavy atom. The first kappa shape index (κ1) is 15.6. The quantitative estimate of drug-likeness (QED) is 0.667. The number of carbonyl (C=O) groups is 1. The molecule has 0 unspecified atom stereocenters. The highest BCUT2D eigenvalue weighted by atomic mass is 35.5. The molecule has 0 radical (unpaired) electrons. The monoisotopic (exact) mass is 324 g/mol. The van der Waals surface area contributed by atoms with Crippen LogP contribution in [0.4, 0.5) is 5.82 Å². The predicted octanol–water partition coefficient (Wildman–Crippen LogP) is 4.43. The SMILES string of the molecule is CC(C)Nc1cccc(C(=O)Oc2ccc(Cl)c(Cl)c2)n1. The number of hydrogen-bond acceptors (Lipinski definition) is 4. The zero-order valence-electron chi connectivity index (χ0n) is 11.6. The molecule has 2 aromatic rings. The highest BCUT2D eigenvalue weighted by Gasteiger charge is 2.12. The summed E-state index contributed by atoms with van der Waals surface area (Å²) >= 11 is 11.7. The van der Waals surface area contributed by atoms with Gasteiger partial charge in [0, 0.05) is 12.1 Å². The summed E-state index contributed by atoms with van der Waals surface area (Å²) in [6, 6.07) is 9.96. The van der Waals surface area contributed by atoms with E-state index in [9.17, 15) is 4.79 Å². The number of nitrogens with zero attached hydrogens (tertiary/aromatic N) is 1. The van der Waals surface area contributed by atoms with E-state index >= 15 is 0 Å². The van der Waals surface area contributed by atoms with Gasteiger partial charge in [-0.25, -0.2) is 9.78 Å². The van der Waals surface area contributed by atoms with Crippen molar-refractivity contribution in [3.05, 3.63) is 52.1 Å². The standard InChI is InChI=1S/C15H14Cl2N2O2/c1-9(2)18-14-5-3-4-13(19-14)15(20)21-10-6-7-11(16)12(17)8-10/h3-9H,1-2H3,(H,18,19). The van der Waals surface area contributed by atoms with Crippen molar-refractivity contribution in [2.45, 2.75) is 19.9 Å². The van der Waals surface area contributed by atoms with Crippen molar-refractivity contribution in [2.75, 3.05) is 5.32 Å². The molecule has 1 aromatic heterocycles. The first-order valence-electron chi connectivity index (χ1n) is 6.36. The Kier molecular flexibility index (Phi) is 5.04. The maximum atomic E-state index is 12.1. The summed E-state index contributed by atoms with van der Waals surface area (Å²) in [5.41, 5.74) is 0.215. The van der Waals surface area contributed by atoms with E-state index in [-0.39, 0.29) is 11.7 Å². The summed E-state index contributed by atoms with van der Waals surface area (Å²) < 4.78 is 5.22. The number of halogens is 2. The molecule has 0 saturated carbocycles. The third-order valence-electron chi connectivity index (χ3n) is 2.50. The van der Waals surface area contributed by atoms with Crippen LogP contribution in [0.15, 0.2) is 36.4 Å². The van der Waals surface area contributed by atoms with Gasteiger partial charge in [0.05, 0.1) is 10.0 Å². The van der Waals surface area contributed by atoms with Crippen LogP contribution in [0.5, 0.6) is 5.75 Å². The van der Waals surface area contributed by atoms with E-state index < -0.39 is 5.97 Å². The number of nitrogens with one attached hydrogen (secondary N) is 1. The minimum atomic E-state index is -0.555. The Morgan fingerprint density at radius 2 is 1.95 bits per heavy atom. The minimum absolute atomic E-state index is 0.215. The molecule has 0 atom stereocenters. The number of benzene rings is 1. The summed E-state index contributed by atoms with van der Waals surface area (Å²) in [5, 5.41) is 3.85. The topological polar surface area (TPSA) is 51.2 Å². The molecular formula is C15H14Cl2N2O2. The molecule has 2 rings (SSSR count). The fourth-order valence-corrected chi connectivity index (χ4v) is 1.91. The van der Waals surface area contributed by atoms with Crippen molar-refractivity contribution >= 4 is 35.0 Å². The van der Waals surface area contributed by atoms with E-state index in [1.54, 1.807) is 30.3 Å². The molecule has 4 nitrogen and oxygen atoms in total. The lowest BCUT2D eigenvalue weighted by Gasteiger charge is -2.10. The van der Waals surface area contributed by atoms with Gasteiger partial charge in [0.1, 0.15) is 11.6 Å². The van der Waals surface area contributed by atoms with Gasteiger partial charge in [0.25, 0.3) is 0 Å². The Morgan fingerprint density at radius 3 is 2.62 bits per heavy atom. The molecule has 0 spiro atoms. The van der Waals surface area contributed by atoms with E-state index in [0.29, 0.717) is 21.6 Å². The number of carbonyl (C=O) groups excluding carboxylic acids is 1. The van der Waals surface area contributed by atoms with Crippen LogP contribution in [0.25, 0.3) is 0 Å². The van der Waals surface area contributed by atoms with Crippen molar-refractivity contribution in [1.29, 1.82) is 0 Å². The smallest absolute Gasteiger partial charge is 0.362 e. The highest BCUT2D eigenvalue weighted by molar-refractivity contribution is 6.42. The fourth-order valence-electron chi connectivity index (χ4n) is 1.62. The zero-order valence-corrected chi connectivity index (χ0v) is 13.1. The molecule has 0 amide bonds. The summed E-state index contributed by atoms with van der Waals surface area (Å²) in [6.07, 6.45) is 0. The van der Waals surface area contributed by atoms with Crippen LogP contribution >= 0.6 is 23.2 Å². The molecule has 110 valence electrons. The van der Waals surface area contributed by atoms with Gasteiger partial charge in [-0.3, -0.25) is 0 Å². The lowest BCUT2D eigenvalue weighted by molar-refractivity contribution is 0.0729. The molecule has 0 aliphatic heterocycles. The summed E-state index contributed by atoms with van der Waals surface area (Å²) in [7, 11) is 0. The van der Waals surface area contributed by atoms with Crippen LogP contribution in [-0.2, 0) is 0 Å². The van der Waals surface area contributed by atoms with Gasteiger partial charge in [0.15, 0.2) is 5.69 Å². The largest absolute Gasteiger partial charge is 0.422 e. The molecule has 0 bridgehead atoms. The van der Waals surface area contributed by atoms with E-state index in [1.807, 2.05) is 13.8 Å². The number of esters is 1. The van der Waals surface area contributed by atoms with Crippen LogP contribution < -0.4 is 10.1 Å². The molecule has 6 heteroatoms. The molecule has 21 heavy (non-hydrogen) atoms. The number of hydrogen-bond donors (Lipinski definition) is 1. The summed E-state index contributed by atoms with van der Waals surface area (Å²) in [6.45, 7) is 3.98. The number of aromatic nitrogens is 1. The van der Waals surface area contributed by atoms with Crippen molar-refractivity contribution in [2.24, 2.45) is 0 Å². The van der Waals surface area contributed by atoms with Gasteiger partial charge in [-0.2, -0.15) is 0 Å². The Bertz CT molecular complexity index is 660. The average molecular weight is 325 g/mol. The second kappa shape index (κ2) is 6.78. The van der Waals surface area contributed by atoms with E-state index in [2.05, 4.69) is 10.3 Å². The highest BCUT2D eigenvalue weighted by Crippen LogP contribution is 2.26. The van der Waals surface area contributed by atoms with Crippen LogP contribution in [-0.4, -0.2) is 17.0 Å². The fraction of sp³-hybridized carbons (Fsp3) is 0.200. The van der Waals surface area contributed by atoms with Crippen molar-refractivity contribution < 1.29 is 9.53 Å². The molecular weight excluding hydrogens is 311 g/mol. The number of rotatable bonds is 4. The van der Waals surface area contributed by atoms with Crippen molar-refractivity contribution in [1.82, 2.24) is 4.98 Å². The van der Waals surface area contributed by atoms with E-state index in [0.717, 1.165) is 0 Å². The third kappa shape index (κ3) is 4.34. The van der Waals surface area contributed by atoms with Crippen molar-refractivity contribution in [3.8, 4) is 5.75 Å². The number of pyridine rings is 1. The van der Waals surface area contributed by atoms with Gasteiger partial charge in [-0.15, -0.1) is 0 Å². The first-order chi connectivity index (χ1) is 9.95. The van der Waals surface area contributed by atoms with Crippen LogP contribution in [0.1, 0.15) is 24.3 Å². The van der Waals surface area contributed by atoms with E-state index in [4.69, 9.17) is 27.9 Å². The normalized spacial score (nSPS) is 10.5. The van der Waals surface area contributed by atoms with Gasteiger partial charge >= 0.3 is 5.97 Å². The van der Waals surface area contributed by atoms with Gasteiger partial charge in [0.2, 0.25) is 0 Å². The summed E-state index contributed by atoms with van der Waals surface area (Å²) in [4.78, 5) is 16.3. The molecule has 0 aliphatic rings. The lowest BCUT2D eigenvalue weighted by Crippen LogP contribution is -2.15. The molecule has 1 heterocycles. The second-order valence-corrected chi connectivity index (χ2v) is 5.49. The lowest BCUT2D eigenvalue weighted by atomic mass is 10.3. The molecule has 1 aromatic carbocycles. The third-order valence-corrected chi connectivity index (χ3v) is 3.24. The average Bonchev–Trinajstić information content (AvgIpc) is 2.42. The Hall–Kier alpha value is -1.78. The zero-order chi connectivity index (χ0) is 15.4. The second-order valence-electron chi connectivity index (χ2n) is 4.67. The first-order valence-corrected chi connectivity index (χ1v) is 7.12. The van der Waals surface area contributed by atoms with E-state index in [1.165, 1.54) is 6.07 Å². The number of anilines is 1. The Labute approximate surface area is 133 Å². The summed E-state index contributed by atoms with van der Waals surface area (Å²) in [5.74, 6) is 0.382. The molecule has 0 saturated heterocycles. The van der Waals surface area contributed by atoms with Gasteiger partial charge in [-0.1, -0.05) is 29.3 Å². The molecule has 0 fully saturated rings. The van der Waals surface area contributed by atoms with Crippen molar-refractivity contribution in [3.63, 3.8) is 0 Å². The van der Waals surface area contributed by atoms with Crippen LogP contribution in [0.2, 0.25) is 10.0 Å². The van der Waals surface area contributed by atoms with Gasteiger partial charge in [-0.05, 0) is 38.1 Å². The predicted molar refractivity (Wildman–Crippen MR) is 84.4 cm³/mol. The molecule has 1 N–H and O–H groups in total. The van der Waals surface area contributed by atoms with Crippen LogP contribution in [0.3, 0.4) is 0 Å². The Balaban J connectivity index is 2.14. The minimum Gasteiger partial charge on any atom is -0.422 e. The van der Waals surface area contributed by atoms with Crippen LogP contribution in [0, 0.1) is 0 Å². The maximum Gasteiger partial charge on any atom is 0.362 e. The maximum absolute atomic E-state index is 12.1. The van der Waals surface area contributed by atoms with Gasteiger partial charge < -0.3 is 10.1 Å².